The van der Waals surface area contributed by atoms with E-state index in [4.69, 9.17) is 18.9 Å². The van der Waals surface area contributed by atoms with Gasteiger partial charge in [0, 0.05) is 6.42 Å². The molecule has 9 N–H and O–H groups in total. The van der Waals surface area contributed by atoms with Gasteiger partial charge < -0.3 is 65.1 Å². The fraction of sp³-hybridized carbons (Fsp3) is 0.894. The molecule has 0 aromatic carbocycles. The molecule has 2 fully saturated rings. The fourth-order valence-electron chi connectivity index (χ4n) is 14.0. The van der Waals surface area contributed by atoms with Crippen molar-refractivity contribution in [2.45, 2.75) is 466 Å². The number of ether oxygens (including phenoxy) is 4. The van der Waals surface area contributed by atoms with Gasteiger partial charge in [0.15, 0.2) is 12.6 Å². The number of carbonyl (C=O) groups is 1. The van der Waals surface area contributed by atoms with E-state index in [1.165, 1.54) is 315 Å². The SMILES string of the molecule is CCCCCCCCCC/C=C\CCCCCCCCCCCCCCCCCCCCCCCC(=O)NC(COC1OC(CO)C(OC2OC(CO)C(O)C(O)C2O)C(O)C1O)C(O)/C=C/CC/C=C/CC/C=C/CCCCCCCCCCCCCCCCCCCCCCCC. The highest BCUT2D eigenvalue weighted by molar-refractivity contribution is 5.76. The molecule has 0 radical (unpaired) electrons. The predicted molar refractivity (Wildman–Crippen MR) is 411 cm³/mol. The maximum absolute atomic E-state index is 13.4. The third kappa shape index (κ3) is 51.7. The van der Waals surface area contributed by atoms with E-state index in [0.29, 0.717) is 12.8 Å². The maximum atomic E-state index is 13.4. The zero-order valence-corrected chi connectivity index (χ0v) is 64.0. The monoisotopic (exact) mass is 1400 g/mol. The Morgan fingerprint density at radius 3 is 0.990 bits per heavy atom. The van der Waals surface area contributed by atoms with Crippen molar-refractivity contribution >= 4 is 5.91 Å². The number of allylic oxidation sites excluding steroid dienone is 7. The van der Waals surface area contributed by atoms with Crippen molar-refractivity contribution in [3.63, 3.8) is 0 Å². The Kier molecular flexibility index (Phi) is 64.9. The Morgan fingerprint density at radius 1 is 0.354 bits per heavy atom. The smallest absolute Gasteiger partial charge is 0.220 e. The molecule has 2 rings (SSSR count). The van der Waals surface area contributed by atoms with Crippen LogP contribution in [0.2, 0.25) is 0 Å². The van der Waals surface area contributed by atoms with E-state index in [-0.39, 0.29) is 18.9 Å². The van der Waals surface area contributed by atoms with Crippen molar-refractivity contribution in [2.75, 3.05) is 19.8 Å². The first-order chi connectivity index (χ1) is 48.6. The summed E-state index contributed by atoms with van der Waals surface area (Å²) in [7, 11) is 0. The number of aliphatic hydroxyl groups excluding tert-OH is 8. The van der Waals surface area contributed by atoms with E-state index < -0.39 is 86.8 Å². The van der Waals surface area contributed by atoms with Crippen LogP contribution in [0, 0.1) is 0 Å². The highest BCUT2D eigenvalue weighted by Gasteiger charge is 2.51. The summed E-state index contributed by atoms with van der Waals surface area (Å²) in [5, 5.41) is 87.7. The van der Waals surface area contributed by atoms with Crippen LogP contribution in [0.1, 0.15) is 393 Å². The molecule has 14 heteroatoms. The van der Waals surface area contributed by atoms with E-state index in [2.05, 4.69) is 55.6 Å². The van der Waals surface area contributed by atoms with Crippen molar-refractivity contribution in [1.82, 2.24) is 5.32 Å². The molecule has 0 spiro atoms. The highest BCUT2D eigenvalue weighted by atomic mass is 16.7. The lowest BCUT2D eigenvalue weighted by Gasteiger charge is -2.46. The lowest BCUT2D eigenvalue weighted by molar-refractivity contribution is -0.359. The Hall–Kier alpha value is -2.05. The molecule has 14 nitrogen and oxygen atoms in total. The molecule has 0 saturated carbocycles. The third-order valence-electron chi connectivity index (χ3n) is 20.7. The molecule has 12 atom stereocenters. The number of rotatable bonds is 72. The number of hydrogen-bond acceptors (Lipinski definition) is 13. The van der Waals surface area contributed by atoms with Crippen molar-refractivity contribution in [1.29, 1.82) is 0 Å². The molecule has 0 aromatic heterocycles. The van der Waals surface area contributed by atoms with Gasteiger partial charge in [-0.1, -0.05) is 364 Å². The summed E-state index contributed by atoms with van der Waals surface area (Å²) in [5.74, 6) is -0.246. The summed E-state index contributed by atoms with van der Waals surface area (Å²) < 4.78 is 22.9. The van der Waals surface area contributed by atoms with Gasteiger partial charge in [0.1, 0.15) is 48.8 Å². The van der Waals surface area contributed by atoms with Crippen LogP contribution < -0.4 is 5.32 Å². The molecule has 0 bridgehead atoms. The Morgan fingerprint density at radius 2 is 0.646 bits per heavy atom. The third-order valence-corrected chi connectivity index (χ3v) is 20.7. The minimum absolute atomic E-state index is 0.246. The van der Waals surface area contributed by atoms with Crippen LogP contribution in [0.5, 0.6) is 0 Å². The number of carbonyl (C=O) groups excluding carboxylic acids is 1. The zero-order chi connectivity index (χ0) is 71.5. The molecule has 2 heterocycles. The number of hydrogen-bond donors (Lipinski definition) is 9. The van der Waals surface area contributed by atoms with E-state index >= 15 is 0 Å². The van der Waals surface area contributed by atoms with Gasteiger partial charge in [-0.3, -0.25) is 4.79 Å². The van der Waals surface area contributed by atoms with Crippen molar-refractivity contribution in [3.8, 4) is 0 Å². The molecule has 2 saturated heterocycles. The predicted octanol–water partition coefficient (Wildman–Crippen LogP) is 19.8. The Bertz CT molecular complexity index is 1850. The van der Waals surface area contributed by atoms with Gasteiger partial charge in [-0.25, -0.2) is 0 Å². The first-order valence-electron chi connectivity index (χ1n) is 42.4. The molecule has 2 aliphatic heterocycles. The second-order valence-corrected chi connectivity index (χ2v) is 29.9. The van der Waals surface area contributed by atoms with Crippen molar-refractivity contribution in [3.05, 3.63) is 48.6 Å². The molecule has 0 aliphatic carbocycles. The fourth-order valence-corrected chi connectivity index (χ4v) is 14.0. The highest BCUT2D eigenvalue weighted by Crippen LogP contribution is 2.30. The molecule has 99 heavy (non-hydrogen) atoms. The second-order valence-electron chi connectivity index (χ2n) is 29.9. The number of unbranched alkanes of at least 4 members (excludes halogenated alkanes) is 53. The summed E-state index contributed by atoms with van der Waals surface area (Å²) in [5.41, 5.74) is 0. The molecule has 2 aliphatic rings. The van der Waals surface area contributed by atoms with E-state index in [9.17, 15) is 45.6 Å². The Labute approximate surface area is 607 Å². The molecule has 12 unspecified atom stereocenters. The average Bonchev–Trinajstić information content (AvgIpc) is 0.793. The summed E-state index contributed by atoms with van der Waals surface area (Å²) in [4.78, 5) is 13.4. The summed E-state index contributed by atoms with van der Waals surface area (Å²) >= 11 is 0. The normalized spacial score (nSPS) is 22.1. The summed E-state index contributed by atoms with van der Waals surface area (Å²) in [6.07, 6.45) is 76.5. The van der Waals surface area contributed by atoms with Crippen LogP contribution in [0.4, 0.5) is 0 Å². The molecule has 0 aromatic rings. The van der Waals surface area contributed by atoms with Gasteiger partial charge in [0.2, 0.25) is 5.91 Å². The van der Waals surface area contributed by atoms with Crippen molar-refractivity contribution < 1.29 is 64.6 Å². The van der Waals surface area contributed by atoms with Crippen LogP contribution >= 0.6 is 0 Å². The first-order valence-corrected chi connectivity index (χ1v) is 42.4. The lowest BCUT2D eigenvalue weighted by atomic mass is 9.97. The van der Waals surface area contributed by atoms with E-state index in [0.717, 1.165) is 44.9 Å². The molecule has 582 valence electrons. The van der Waals surface area contributed by atoms with Crippen LogP contribution in [0.15, 0.2) is 48.6 Å². The molecule has 1 amide bonds. The van der Waals surface area contributed by atoms with Crippen LogP contribution in [-0.2, 0) is 23.7 Å². The Balaban J connectivity index is 1.61. The van der Waals surface area contributed by atoms with Gasteiger partial charge >= 0.3 is 0 Å². The second kappa shape index (κ2) is 69.0. The van der Waals surface area contributed by atoms with Crippen LogP contribution in [-0.4, -0.2) is 140 Å². The topological polar surface area (TPSA) is 228 Å². The minimum Gasteiger partial charge on any atom is -0.394 e. The average molecular weight is 1400 g/mol. The lowest BCUT2D eigenvalue weighted by Crippen LogP contribution is -2.65. The number of amides is 1. The maximum Gasteiger partial charge on any atom is 0.220 e. The van der Waals surface area contributed by atoms with Crippen molar-refractivity contribution in [2.24, 2.45) is 0 Å². The van der Waals surface area contributed by atoms with Gasteiger partial charge in [-0.2, -0.15) is 0 Å². The quantitative estimate of drug-likeness (QED) is 0.0204. The van der Waals surface area contributed by atoms with Crippen LogP contribution in [0.25, 0.3) is 0 Å². The van der Waals surface area contributed by atoms with Gasteiger partial charge in [-0.15, -0.1) is 0 Å². The van der Waals surface area contributed by atoms with E-state index in [1.54, 1.807) is 6.08 Å². The zero-order valence-electron chi connectivity index (χ0n) is 64.0. The summed E-state index contributed by atoms with van der Waals surface area (Å²) in [6, 6.07) is -0.940. The number of aliphatic hydroxyl groups is 8. The van der Waals surface area contributed by atoms with Gasteiger partial charge in [0.05, 0.1) is 32.0 Å². The van der Waals surface area contributed by atoms with Gasteiger partial charge in [0.25, 0.3) is 0 Å². The minimum atomic E-state index is -1.79. The molecular weight excluding hydrogens is 1240 g/mol. The van der Waals surface area contributed by atoms with E-state index in [1.807, 2.05) is 6.08 Å². The first kappa shape index (κ1) is 93.0. The molecular formula is C85H159NO13. The van der Waals surface area contributed by atoms with Gasteiger partial charge in [-0.05, 0) is 70.6 Å². The standard InChI is InChI=1S/C85H159NO13/c1-3-5-7-9-11-13-15-17-19-21-23-25-27-29-31-33-35-37-39-41-43-45-47-49-51-53-55-57-59-61-63-65-67-69-77(90)86-73(72-96-84-82(95)80(93)83(76(71-88)98-84)99-85-81(94)79(92)78(91)75(70-87)97-85)74(89)68-66-64-62-60-58-56-54-52-50-48-46-44-42-40-38-36-34-32-30-28-26-24-22-20-18-16-14-12-10-8-6-4-2/h21,23,50,52,58,60,66,68,73-76,78-85,87-89,91-95H,3-20,22,24-49,51,53-57,59,61-65,67,69-72H2,1-2H3,(H,86,90)/b23-21-,52-50+,60-58+,68-66+. The summed E-state index contributed by atoms with van der Waals surface area (Å²) in [6.45, 7) is 2.84. The van der Waals surface area contributed by atoms with Crippen LogP contribution in [0.3, 0.4) is 0 Å². The number of nitrogens with one attached hydrogen (secondary N) is 1. The largest absolute Gasteiger partial charge is 0.394 e.